The monoisotopic (exact) mass is 216 g/mol. The fourth-order valence-electron chi connectivity index (χ4n) is 1.20. The van der Waals surface area contributed by atoms with Crippen LogP contribution >= 0.6 is 0 Å². The lowest BCUT2D eigenvalue weighted by atomic mass is 10.3. The Labute approximate surface area is 92.8 Å². The Hall–Kier alpha value is -2.30. The van der Waals surface area contributed by atoms with Crippen LogP contribution in [0.15, 0.2) is 36.5 Å². The second-order valence-electron chi connectivity index (χ2n) is 3.03. The van der Waals surface area contributed by atoms with Gasteiger partial charge in [0.05, 0.1) is 12.8 Å². The number of benzene rings is 1. The minimum absolute atomic E-state index is 0.314. The highest BCUT2D eigenvalue weighted by Crippen LogP contribution is 2.29. The van der Waals surface area contributed by atoms with Gasteiger partial charge in [0, 0.05) is 18.3 Å². The van der Waals surface area contributed by atoms with Gasteiger partial charge >= 0.3 is 0 Å². The molecule has 0 aliphatic heterocycles. The average Bonchev–Trinajstić information content (AvgIpc) is 2.33. The summed E-state index contributed by atoms with van der Waals surface area (Å²) in [6.45, 7) is 0. The fourth-order valence-corrected chi connectivity index (χ4v) is 1.20. The van der Waals surface area contributed by atoms with E-state index in [1.807, 2.05) is 0 Å². The molecule has 0 aliphatic carbocycles. The minimum Gasteiger partial charge on any atom is -0.494 e. The third-order valence-corrected chi connectivity index (χ3v) is 1.94. The van der Waals surface area contributed by atoms with Crippen LogP contribution in [0.1, 0.15) is 0 Å². The smallest absolute Gasteiger partial charge is 0.238 e. The van der Waals surface area contributed by atoms with Gasteiger partial charge in [-0.3, -0.25) is 5.73 Å². The Morgan fingerprint density at radius 3 is 2.81 bits per heavy atom. The number of ether oxygens (including phenoxy) is 2. The van der Waals surface area contributed by atoms with E-state index in [0.717, 1.165) is 0 Å². The van der Waals surface area contributed by atoms with E-state index < -0.39 is 0 Å². The lowest BCUT2D eigenvalue weighted by molar-refractivity contribution is 0.407. The van der Waals surface area contributed by atoms with E-state index in [4.69, 9.17) is 15.2 Å². The van der Waals surface area contributed by atoms with Crippen molar-refractivity contribution in [1.82, 2.24) is 15.9 Å². The molecule has 0 fully saturated rings. The summed E-state index contributed by atoms with van der Waals surface area (Å²) in [6, 6.07) is 8.35. The van der Waals surface area contributed by atoms with Crippen molar-refractivity contribution in [2.24, 2.45) is 0 Å². The van der Waals surface area contributed by atoms with Gasteiger partial charge in [-0.05, 0) is 18.2 Å². The highest BCUT2D eigenvalue weighted by molar-refractivity contribution is 5.53. The van der Waals surface area contributed by atoms with Gasteiger partial charge in [0.1, 0.15) is 11.5 Å². The van der Waals surface area contributed by atoms with Crippen molar-refractivity contribution in [2.45, 2.75) is 0 Å². The predicted octanol–water partition coefficient (Wildman–Crippen LogP) is 2.19. The lowest BCUT2D eigenvalue weighted by Crippen LogP contribution is -1.91. The quantitative estimate of drug-likeness (QED) is 0.788. The Balaban J connectivity index is 2.22. The molecule has 0 spiro atoms. The van der Waals surface area contributed by atoms with Gasteiger partial charge in [-0.2, -0.15) is 5.10 Å². The zero-order chi connectivity index (χ0) is 11.4. The van der Waals surface area contributed by atoms with Crippen molar-refractivity contribution < 1.29 is 9.47 Å². The first-order valence-corrected chi connectivity index (χ1v) is 4.65. The van der Waals surface area contributed by atoms with E-state index in [9.17, 15) is 0 Å². The van der Waals surface area contributed by atoms with Crippen molar-refractivity contribution in [3.8, 4) is 17.4 Å². The van der Waals surface area contributed by atoms with Gasteiger partial charge in [0.15, 0.2) is 0 Å². The van der Waals surface area contributed by atoms with Crippen LogP contribution in [-0.4, -0.2) is 17.3 Å². The molecular weight excluding hydrogens is 206 g/mol. The first kappa shape index (κ1) is 10.2. The number of methoxy groups -OCH3 is 1. The van der Waals surface area contributed by atoms with E-state index in [-0.39, 0.29) is 0 Å². The van der Waals surface area contributed by atoms with Crippen LogP contribution in [-0.2, 0) is 0 Å². The van der Waals surface area contributed by atoms with Crippen molar-refractivity contribution in [3.05, 3.63) is 36.5 Å². The van der Waals surface area contributed by atoms with Gasteiger partial charge in [0.2, 0.25) is 5.88 Å². The maximum absolute atomic E-state index is 7.54. The second kappa shape index (κ2) is 4.48. The molecule has 0 saturated carbocycles. The van der Waals surface area contributed by atoms with Crippen molar-refractivity contribution in [2.75, 3.05) is 7.11 Å². The number of hydrogen-bond donors (Lipinski definition) is 0. The van der Waals surface area contributed by atoms with Crippen LogP contribution in [0.3, 0.4) is 0 Å². The molecule has 0 amide bonds. The largest absolute Gasteiger partial charge is 0.494 e. The summed E-state index contributed by atoms with van der Waals surface area (Å²) < 4.78 is 10.5. The van der Waals surface area contributed by atoms with Gasteiger partial charge in [-0.25, -0.2) is 0 Å². The molecule has 1 N–H and O–H groups in total. The van der Waals surface area contributed by atoms with Crippen LogP contribution in [0.2, 0.25) is 0 Å². The lowest BCUT2D eigenvalue weighted by Gasteiger charge is -2.07. The molecule has 0 saturated heterocycles. The van der Waals surface area contributed by atoms with Crippen molar-refractivity contribution in [1.29, 1.82) is 0 Å². The maximum Gasteiger partial charge on any atom is 0.238 e. The molecule has 5 nitrogen and oxygen atoms in total. The Bertz CT molecular complexity index is 474. The van der Waals surface area contributed by atoms with Crippen LogP contribution in [0.4, 0.5) is 5.69 Å². The fraction of sp³-hybridized carbons (Fsp3) is 0.0909. The summed E-state index contributed by atoms with van der Waals surface area (Å²) >= 11 is 0. The molecule has 0 bridgehead atoms. The summed E-state index contributed by atoms with van der Waals surface area (Å²) in [6.07, 6.45) is 1.57. The molecule has 2 aromatic rings. The first-order chi connectivity index (χ1) is 7.79. The number of nitrogens with one attached hydrogen (secondary N) is 1. The molecule has 5 heteroatoms. The Morgan fingerprint density at radius 1 is 1.25 bits per heavy atom. The van der Waals surface area contributed by atoms with E-state index in [2.05, 4.69) is 10.2 Å². The third-order valence-electron chi connectivity index (χ3n) is 1.94. The molecule has 0 unspecified atom stereocenters. The van der Waals surface area contributed by atoms with Gasteiger partial charge in [-0.1, -0.05) is 0 Å². The number of rotatable bonds is 3. The summed E-state index contributed by atoms with van der Waals surface area (Å²) in [4.78, 5) is 0. The van der Waals surface area contributed by atoms with Crippen LogP contribution in [0, 0.1) is 0 Å². The summed E-state index contributed by atoms with van der Waals surface area (Å²) in [7, 11) is 1.51. The van der Waals surface area contributed by atoms with Gasteiger partial charge in [-0.15, -0.1) is 5.10 Å². The van der Waals surface area contributed by atoms with E-state index >= 15 is 0 Å². The predicted molar refractivity (Wildman–Crippen MR) is 57.9 cm³/mol. The molecule has 1 aromatic heterocycles. The zero-order valence-electron chi connectivity index (χ0n) is 8.68. The zero-order valence-corrected chi connectivity index (χ0v) is 8.68. The molecule has 81 valence electrons. The molecule has 0 atom stereocenters. The van der Waals surface area contributed by atoms with E-state index in [1.165, 1.54) is 7.11 Å². The normalized spacial score (nSPS) is 9.81. The van der Waals surface area contributed by atoms with E-state index in [1.54, 1.807) is 36.5 Å². The van der Waals surface area contributed by atoms with Crippen LogP contribution in [0.25, 0.3) is 0 Å². The number of hydrogen-bond acceptors (Lipinski definition) is 4. The topological polar surface area (TPSA) is 68.0 Å². The third kappa shape index (κ3) is 2.20. The van der Waals surface area contributed by atoms with Crippen LogP contribution < -0.4 is 15.2 Å². The number of nitrogens with zero attached hydrogens (tertiary/aromatic N) is 2. The maximum atomic E-state index is 7.54. The second-order valence-corrected chi connectivity index (χ2v) is 3.03. The van der Waals surface area contributed by atoms with Crippen molar-refractivity contribution >= 4 is 5.69 Å². The molecule has 2 rings (SSSR count). The average molecular weight is 216 g/mol. The Kier molecular flexibility index (Phi) is 2.86. The standard InChI is InChI=1S/C11H10N3O2/c1-15-10-7-8(4-5-9(10)12)16-11-3-2-6-13-14-11/h2-7,12H,1H3. The molecule has 16 heavy (non-hydrogen) atoms. The number of aromatic nitrogens is 2. The van der Waals surface area contributed by atoms with Crippen molar-refractivity contribution in [3.63, 3.8) is 0 Å². The summed E-state index contributed by atoms with van der Waals surface area (Å²) in [5.41, 5.74) is 7.85. The molecule has 1 radical (unpaired) electrons. The van der Waals surface area contributed by atoms with Gasteiger partial charge in [0.25, 0.3) is 0 Å². The molecule has 0 aliphatic rings. The molecule has 1 heterocycles. The summed E-state index contributed by atoms with van der Waals surface area (Å²) in [5.74, 6) is 1.43. The summed E-state index contributed by atoms with van der Waals surface area (Å²) in [5, 5.41) is 7.49. The molecular formula is C11H10N3O2. The SMILES string of the molecule is COc1cc(Oc2cccnn2)ccc1[NH]. The minimum atomic E-state index is 0.314. The van der Waals surface area contributed by atoms with Gasteiger partial charge < -0.3 is 9.47 Å². The molecule has 1 aromatic carbocycles. The Morgan fingerprint density at radius 2 is 2.12 bits per heavy atom. The highest BCUT2D eigenvalue weighted by Gasteiger charge is 2.03. The highest BCUT2D eigenvalue weighted by atomic mass is 16.5. The van der Waals surface area contributed by atoms with E-state index in [0.29, 0.717) is 23.1 Å². The first-order valence-electron chi connectivity index (χ1n) is 4.65. The van der Waals surface area contributed by atoms with Crippen LogP contribution in [0.5, 0.6) is 17.4 Å².